The van der Waals surface area contributed by atoms with E-state index in [2.05, 4.69) is 0 Å². The minimum absolute atomic E-state index is 0.0203. The van der Waals surface area contributed by atoms with Crippen LogP contribution >= 0.6 is 35.6 Å². The normalized spacial score (nSPS) is 16.1. The molecule has 0 spiro atoms. The number of aromatic hydroxyl groups is 1. The number of nitrogens with zero attached hydrogens (tertiary/aromatic N) is 1. The highest BCUT2D eigenvalue weighted by Gasteiger charge is 2.33. The number of amides is 1. The van der Waals surface area contributed by atoms with Crippen molar-refractivity contribution in [2.45, 2.75) is 0 Å². The Morgan fingerprint density at radius 3 is 2.75 bits per heavy atom. The van der Waals surface area contributed by atoms with Gasteiger partial charge in [0, 0.05) is 10.6 Å². The molecular formula is C17H12ClNO3S2. The van der Waals surface area contributed by atoms with Crippen molar-refractivity contribution in [3.05, 3.63) is 58.0 Å². The molecule has 2 aromatic rings. The number of ether oxygens (including phenoxy) is 1. The number of para-hydroxylation sites is 1. The van der Waals surface area contributed by atoms with Gasteiger partial charge in [0.1, 0.15) is 0 Å². The van der Waals surface area contributed by atoms with Crippen LogP contribution in [0.4, 0.5) is 5.69 Å². The number of thiocarbonyl (C=S) groups is 1. The molecule has 1 aliphatic rings. The largest absolute Gasteiger partial charge is 0.504 e. The second kappa shape index (κ2) is 6.84. The summed E-state index contributed by atoms with van der Waals surface area (Å²) in [7, 11) is 1.47. The summed E-state index contributed by atoms with van der Waals surface area (Å²) in [4.78, 5) is 14.5. The fourth-order valence-corrected chi connectivity index (χ4v) is 3.74. The van der Waals surface area contributed by atoms with Crippen LogP contribution in [0.2, 0.25) is 5.02 Å². The molecule has 0 radical (unpaired) electrons. The Balaban J connectivity index is 1.97. The maximum absolute atomic E-state index is 12.7. The highest BCUT2D eigenvalue weighted by molar-refractivity contribution is 8.27. The van der Waals surface area contributed by atoms with Gasteiger partial charge < -0.3 is 9.84 Å². The Morgan fingerprint density at radius 1 is 1.29 bits per heavy atom. The summed E-state index contributed by atoms with van der Waals surface area (Å²) in [5, 5.41) is 10.7. The molecule has 0 saturated carbocycles. The average Bonchev–Trinajstić information content (AvgIpc) is 2.83. The van der Waals surface area contributed by atoms with Gasteiger partial charge in [-0.15, -0.1) is 0 Å². The summed E-state index contributed by atoms with van der Waals surface area (Å²) >= 11 is 12.5. The first-order chi connectivity index (χ1) is 11.5. The number of methoxy groups -OCH3 is 1. The molecule has 122 valence electrons. The molecule has 1 fully saturated rings. The first kappa shape index (κ1) is 16.8. The molecule has 24 heavy (non-hydrogen) atoms. The lowest BCUT2D eigenvalue weighted by molar-refractivity contribution is -0.113. The van der Waals surface area contributed by atoms with Crippen LogP contribution in [-0.4, -0.2) is 22.4 Å². The topological polar surface area (TPSA) is 49.8 Å². The van der Waals surface area contributed by atoms with E-state index in [1.807, 2.05) is 0 Å². The van der Waals surface area contributed by atoms with E-state index in [9.17, 15) is 9.90 Å². The number of thioether (sulfide) groups is 1. The molecule has 0 atom stereocenters. The SMILES string of the molecule is COc1cccc(C=C2SC(=S)N(c3cccc(Cl)c3)C2=O)c1O. The maximum atomic E-state index is 12.7. The van der Waals surface area contributed by atoms with Crippen LogP contribution in [0.25, 0.3) is 6.08 Å². The Kier molecular flexibility index (Phi) is 4.80. The minimum Gasteiger partial charge on any atom is -0.504 e. The van der Waals surface area contributed by atoms with Crippen LogP contribution in [0.5, 0.6) is 11.5 Å². The van der Waals surface area contributed by atoms with E-state index < -0.39 is 0 Å². The lowest BCUT2D eigenvalue weighted by Gasteiger charge is -2.14. The van der Waals surface area contributed by atoms with Gasteiger partial charge >= 0.3 is 0 Å². The molecule has 0 aliphatic carbocycles. The van der Waals surface area contributed by atoms with Crippen molar-refractivity contribution in [2.24, 2.45) is 0 Å². The van der Waals surface area contributed by atoms with Crippen LogP contribution in [0.3, 0.4) is 0 Å². The molecule has 1 N–H and O–H groups in total. The van der Waals surface area contributed by atoms with Crippen LogP contribution < -0.4 is 9.64 Å². The Labute approximate surface area is 153 Å². The van der Waals surface area contributed by atoms with Gasteiger partial charge in [-0.3, -0.25) is 9.69 Å². The number of carbonyl (C=O) groups is 1. The molecule has 2 aromatic carbocycles. The fourth-order valence-electron chi connectivity index (χ4n) is 2.27. The third kappa shape index (κ3) is 3.13. The Bertz CT molecular complexity index is 867. The van der Waals surface area contributed by atoms with E-state index in [0.717, 1.165) is 0 Å². The van der Waals surface area contributed by atoms with Gasteiger partial charge in [-0.2, -0.15) is 0 Å². The van der Waals surface area contributed by atoms with Gasteiger partial charge in [-0.1, -0.05) is 53.8 Å². The molecule has 1 amide bonds. The zero-order chi connectivity index (χ0) is 17.3. The van der Waals surface area contributed by atoms with Gasteiger partial charge in [0.2, 0.25) is 0 Å². The monoisotopic (exact) mass is 377 g/mol. The van der Waals surface area contributed by atoms with Crippen molar-refractivity contribution in [3.63, 3.8) is 0 Å². The third-order valence-electron chi connectivity index (χ3n) is 3.40. The van der Waals surface area contributed by atoms with Crippen molar-refractivity contribution < 1.29 is 14.6 Å². The van der Waals surface area contributed by atoms with Crippen LogP contribution in [0.1, 0.15) is 5.56 Å². The Morgan fingerprint density at radius 2 is 2.04 bits per heavy atom. The lowest BCUT2D eigenvalue weighted by atomic mass is 10.1. The quantitative estimate of drug-likeness (QED) is 0.632. The second-order valence-corrected chi connectivity index (χ2v) is 7.01. The van der Waals surface area contributed by atoms with Crippen LogP contribution in [0, 0.1) is 0 Å². The first-order valence-electron chi connectivity index (χ1n) is 6.91. The highest BCUT2D eigenvalue weighted by atomic mass is 35.5. The molecule has 7 heteroatoms. The number of carbonyl (C=O) groups excluding carboxylic acids is 1. The van der Waals surface area contributed by atoms with Crippen molar-refractivity contribution >= 4 is 57.6 Å². The minimum atomic E-state index is -0.255. The maximum Gasteiger partial charge on any atom is 0.270 e. The van der Waals surface area contributed by atoms with Crippen molar-refractivity contribution in [1.82, 2.24) is 0 Å². The average molecular weight is 378 g/mol. The summed E-state index contributed by atoms with van der Waals surface area (Å²) in [5.41, 5.74) is 1.10. The summed E-state index contributed by atoms with van der Waals surface area (Å²) in [6.45, 7) is 0. The summed E-state index contributed by atoms with van der Waals surface area (Å²) in [5.74, 6) is 0.0663. The van der Waals surface area contributed by atoms with E-state index in [1.54, 1.807) is 48.5 Å². The van der Waals surface area contributed by atoms with Gasteiger partial charge in [0.05, 0.1) is 17.7 Å². The first-order valence-corrected chi connectivity index (χ1v) is 8.51. The van der Waals surface area contributed by atoms with E-state index in [-0.39, 0.29) is 11.7 Å². The van der Waals surface area contributed by atoms with Gasteiger partial charge in [0.25, 0.3) is 5.91 Å². The number of rotatable bonds is 3. The van der Waals surface area contributed by atoms with Crippen LogP contribution in [0.15, 0.2) is 47.4 Å². The number of benzene rings is 2. The predicted molar refractivity (Wildman–Crippen MR) is 102 cm³/mol. The van der Waals surface area contributed by atoms with E-state index in [4.69, 9.17) is 28.6 Å². The van der Waals surface area contributed by atoms with Gasteiger partial charge in [0.15, 0.2) is 15.8 Å². The van der Waals surface area contributed by atoms with Crippen LogP contribution in [-0.2, 0) is 4.79 Å². The molecule has 0 unspecified atom stereocenters. The summed E-state index contributed by atoms with van der Waals surface area (Å²) < 4.78 is 5.49. The smallest absolute Gasteiger partial charge is 0.270 e. The molecule has 1 saturated heterocycles. The third-order valence-corrected chi connectivity index (χ3v) is 4.93. The predicted octanol–water partition coefficient (Wildman–Crippen LogP) is 4.46. The second-order valence-electron chi connectivity index (χ2n) is 4.90. The zero-order valence-electron chi connectivity index (χ0n) is 12.5. The standard InChI is InChI=1S/C17H12ClNO3S2/c1-22-13-7-2-4-10(15(13)20)8-14-16(21)19(17(23)24-14)12-6-3-5-11(18)9-12/h2-9,20H,1H3. The van der Waals surface area contributed by atoms with Crippen molar-refractivity contribution in [3.8, 4) is 11.5 Å². The molecular weight excluding hydrogens is 366 g/mol. The molecule has 3 rings (SSSR count). The number of hydrogen-bond donors (Lipinski definition) is 1. The molecule has 0 aromatic heterocycles. The van der Waals surface area contributed by atoms with E-state index in [1.165, 1.54) is 23.8 Å². The number of halogens is 1. The molecule has 4 nitrogen and oxygen atoms in total. The highest BCUT2D eigenvalue weighted by Crippen LogP contribution is 2.39. The van der Waals surface area contributed by atoms with Gasteiger partial charge in [-0.25, -0.2) is 0 Å². The fraction of sp³-hybridized carbons (Fsp3) is 0.0588. The number of phenolic OH excluding ortho intramolecular Hbond substituents is 1. The van der Waals surface area contributed by atoms with Crippen molar-refractivity contribution in [1.29, 1.82) is 0 Å². The van der Waals surface area contributed by atoms with E-state index in [0.29, 0.717) is 31.2 Å². The van der Waals surface area contributed by atoms with E-state index >= 15 is 0 Å². The van der Waals surface area contributed by atoms with Crippen molar-refractivity contribution in [2.75, 3.05) is 12.0 Å². The summed E-state index contributed by atoms with van der Waals surface area (Å²) in [6, 6.07) is 12.0. The lowest BCUT2D eigenvalue weighted by Crippen LogP contribution is -2.27. The Hall–Kier alpha value is -2.02. The number of hydrogen-bond acceptors (Lipinski definition) is 5. The molecule has 1 aliphatic heterocycles. The number of anilines is 1. The molecule has 0 bridgehead atoms. The summed E-state index contributed by atoms with van der Waals surface area (Å²) in [6.07, 6.45) is 1.60. The molecule has 1 heterocycles. The zero-order valence-corrected chi connectivity index (χ0v) is 14.9. The van der Waals surface area contributed by atoms with Gasteiger partial charge in [-0.05, 0) is 30.3 Å². The number of phenols is 1.